The number of allylic oxidation sites excluding steroid dienone is 5. The van der Waals surface area contributed by atoms with E-state index in [4.69, 9.17) is 22.4 Å². The van der Waals surface area contributed by atoms with E-state index in [9.17, 15) is 0 Å². The number of nitrogens with one attached hydrogen (secondary N) is 2. The molecular formula is C21H27ClN2. The van der Waals surface area contributed by atoms with Crippen LogP contribution in [0.2, 0.25) is 0 Å². The van der Waals surface area contributed by atoms with E-state index in [1.165, 1.54) is 11.1 Å². The van der Waals surface area contributed by atoms with E-state index in [1.807, 2.05) is 26.0 Å². The first kappa shape index (κ1) is 20.1. The highest BCUT2D eigenvalue weighted by molar-refractivity contribution is 6.43. The second kappa shape index (κ2) is 9.39. The fourth-order valence-corrected chi connectivity index (χ4v) is 2.84. The fourth-order valence-electron chi connectivity index (χ4n) is 2.57. The lowest BCUT2D eigenvalue weighted by atomic mass is 9.92. The van der Waals surface area contributed by atoms with Crippen molar-refractivity contribution < 1.29 is 0 Å². The summed E-state index contributed by atoms with van der Waals surface area (Å²) < 4.78 is 0. The van der Waals surface area contributed by atoms with Crippen molar-refractivity contribution in [2.45, 2.75) is 47.0 Å². The summed E-state index contributed by atoms with van der Waals surface area (Å²) in [6.45, 7) is 12.2. The highest BCUT2D eigenvalue weighted by Crippen LogP contribution is 2.25. The molecule has 0 spiro atoms. The van der Waals surface area contributed by atoms with E-state index in [2.05, 4.69) is 32.6 Å². The standard InChI is InChI=1S/C21H27ClN2/c1-6-14(2)12-19(22)20(24)11-10-18(23)13-17(5)21-15(3)8-7-9-16(21)4/h6-9,12,23-24H,5,10-11,13H2,1-4H3/b14-6-,19-12+,23-18?,24-20?. The van der Waals surface area contributed by atoms with Crippen LogP contribution in [-0.4, -0.2) is 11.4 Å². The molecule has 24 heavy (non-hydrogen) atoms. The molecule has 0 amide bonds. The van der Waals surface area contributed by atoms with Gasteiger partial charge in [-0.15, -0.1) is 0 Å². The Morgan fingerprint density at radius 2 is 1.75 bits per heavy atom. The third kappa shape index (κ3) is 5.93. The molecule has 0 bridgehead atoms. The second-order valence-electron chi connectivity index (χ2n) is 6.15. The normalized spacial score (nSPS) is 12.2. The summed E-state index contributed by atoms with van der Waals surface area (Å²) >= 11 is 6.14. The number of hydrogen-bond acceptors (Lipinski definition) is 2. The van der Waals surface area contributed by atoms with Gasteiger partial charge in [0, 0.05) is 12.1 Å². The molecule has 0 saturated heterocycles. The van der Waals surface area contributed by atoms with Gasteiger partial charge in [0.25, 0.3) is 0 Å². The molecule has 0 aliphatic heterocycles. The van der Waals surface area contributed by atoms with Crippen molar-refractivity contribution in [1.82, 2.24) is 0 Å². The van der Waals surface area contributed by atoms with Gasteiger partial charge in [0.1, 0.15) is 0 Å². The lowest BCUT2D eigenvalue weighted by Gasteiger charge is -2.13. The minimum atomic E-state index is 0.375. The van der Waals surface area contributed by atoms with Crippen molar-refractivity contribution in [2.24, 2.45) is 0 Å². The summed E-state index contributed by atoms with van der Waals surface area (Å²) in [5.41, 5.74) is 6.48. The molecular weight excluding hydrogens is 316 g/mol. The lowest BCUT2D eigenvalue weighted by Crippen LogP contribution is -2.05. The predicted octanol–water partition coefficient (Wildman–Crippen LogP) is 6.62. The summed E-state index contributed by atoms with van der Waals surface area (Å²) in [5.74, 6) is 0. The van der Waals surface area contributed by atoms with Crippen LogP contribution in [0.3, 0.4) is 0 Å². The van der Waals surface area contributed by atoms with E-state index >= 15 is 0 Å². The van der Waals surface area contributed by atoms with Gasteiger partial charge in [-0.25, -0.2) is 0 Å². The third-order valence-electron chi connectivity index (χ3n) is 4.04. The highest BCUT2D eigenvalue weighted by atomic mass is 35.5. The molecule has 0 unspecified atom stereocenters. The molecule has 0 aliphatic rings. The maximum absolute atomic E-state index is 8.19. The van der Waals surface area contributed by atoms with Crippen molar-refractivity contribution in [3.05, 3.63) is 64.2 Å². The molecule has 0 saturated carbocycles. The monoisotopic (exact) mass is 342 g/mol. The average Bonchev–Trinajstić information content (AvgIpc) is 2.52. The van der Waals surface area contributed by atoms with Gasteiger partial charge in [-0.3, -0.25) is 0 Å². The van der Waals surface area contributed by atoms with Crippen molar-refractivity contribution >= 4 is 28.6 Å². The zero-order valence-electron chi connectivity index (χ0n) is 15.1. The van der Waals surface area contributed by atoms with Gasteiger partial charge in [0.05, 0.1) is 10.7 Å². The molecule has 128 valence electrons. The minimum absolute atomic E-state index is 0.375. The molecule has 0 radical (unpaired) electrons. The minimum Gasteiger partial charge on any atom is -0.309 e. The first-order valence-corrected chi connectivity index (χ1v) is 8.52. The summed E-state index contributed by atoms with van der Waals surface area (Å²) in [4.78, 5) is 0. The molecule has 0 aromatic heterocycles. The Morgan fingerprint density at radius 1 is 1.17 bits per heavy atom. The SMILES string of the molecule is C=C(CC(=N)CCC(=N)/C(Cl)=C\C(C)=C/C)c1c(C)cccc1C. The van der Waals surface area contributed by atoms with Crippen LogP contribution < -0.4 is 0 Å². The molecule has 1 aromatic carbocycles. The second-order valence-corrected chi connectivity index (χ2v) is 6.56. The zero-order valence-corrected chi connectivity index (χ0v) is 15.8. The van der Waals surface area contributed by atoms with E-state index in [0.717, 1.165) is 16.7 Å². The average molecular weight is 343 g/mol. The van der Waals surface area contributed by atoms with Crippen molar-refractivity contribution in [1.29, 1.82) is 10.8 Å². The Kier molecular flexibility index (Phi) is 7.87. The quantitative estimate of drug-likeness (QED) is 0.394. The molecule has 3 heteroatoms. The van der Waals surface area contributed by atoms with Gasteiger partial charge < -0.3 is 10.8 Å². The first-order valence-electron chi connectivity index (χ1n) is 8.14. The molecule has 0 aliphatic carbocycles. The molecule has 2 N–H and O–H groups in total. The Hall–Kier alpha value is -1.93. The van der Waals surface area contributed by atoms with Crippen LogP contribution >= 0.6 is 11.6 Å². The van der Waals surface area contributed by atoms with Crippen LogP contribution in [0.5, 0.6) is 0 Å². The molecule has 1 rings (SSSR count). The summed E-state index contributed by atoms with van der Waals surface area (Å²) in [5, 5.41) is 16.7. The van der Waals surface area contributed by atoms with Crippen LogP contribution in [0.4, 0.5) is 0 Å². The largest absolute Gasteiger partial charge is 0.309 e. The van der Waals surface area contributed by atoms with Gasteiger partial charge in [-0.1, -0.05) is 48.0 Å². The van der Waals surface area contributed by atoms with Gasteiger partial charge in [-0.05, 0) is 68.9 Å². The molecule has 1 aromatic rings. The first-order chi connectivity index (χ1) is 11.3. The summed E-state index contributed by atoms with van der Waals surface area (Å²) in [6, 6.07) is 6.18. The van der Waals surface area contributed by atoms with Gasteiger partial charge >= 0.3 is 0 Å². The summed E-state index contributed by atoms with van der Waals surface area (Å²) in [7, 11) is 0. The molecule has 0 atom stereocenters. The Balaban J connectivity index is 2.63. The number of benzene rings is 1. The summed E-state index contributed by atoms with van der Waals surface area (Å²) in [6.07, 6.45) is 5.29. The zero-order chi connectivity index (χ0) is 18.3. The molecule has 0 fully saturated rings. The molecule has 0 heterocycles. The maximum Gasteiger partial charge on any atom is 0.0616 e. The topological polar surface area (TPSA) is 47.7 Å². The van der Waals surface area contributed by atoms with Crippen LogP contribution in [0.15, 0.2) is 47.5 Å². The van der Waals surface area contributed by atoms with Crippen LogP contribution in [0, 0.1) is 24.7 Å². The van der Waals surface area contributed by atoms with Crippen molar-refractivity contribution in [3.63, 3.8) is 0 Å². The number of rotatable bonds is 8. The van der Waals surface area contributed by atoms with E-state index in [1.54, 1.807) is 6.08 Å². The van der Waals surface area contributed by atoms with E-state index in [-0.39, 0.29) is 0 Å². The Labute approximate surface area is 151 Å². The van der Waals surface area contributed by atoms with Crippen molar-refractivity contribution in [3.8, 4) is 0 Å². The Bertz CT molecular complexity index is 688. The maximum atomic E-state index is 8.19. The van der Waals surface area contributed by atoms with Gasteiger partial charge in [0.15, 0.2) is 0 Å². The van der Waals surface area contributed by atoms with Crippen molar-refractivity contribution in [2.75, 3.05) is 0 Å². The van der Waals surface area contributed by atoms with Crippen LogP contribution in [0.1, 0.15) is 49.8 Å². The number of halogens is 1. The number of hydrogen-bond donors (Lipinski definition) is 2. The van der Waals surface area contributed by atoms with E-state index in [0.29, 0.717) is 35.7 Å². The van der Waals surface area contributed by atoms with Crippen LogP contribution in [0.25, 0.3) is 5.57 Å². The van der Waals surface area contributed by atoms with Gasteiger partial charge in [-0.2, -0.15) is 0 Å². The fraction of sp³-hybridized carbons (Fsp3) is 0.333. The number of aryl methyl sites for hydroxylation is 2. The van der Waals surface area contributed by atoms with Crippen LogP contribution in [-0.2, 0) is 0 Å². The van der Waals surface area contributed by atoms with E-state index < -0.39 is 0 Å². The Morgan fingerprint density at radius 3 is 2.29 bits per heavy atom. The lowest BCUT2D eigenvalue weighted by molar-refractivity contribution is 1.08. The third-order valence-corrected chi connectivity index (χ3v) is 4.37. The van der Waals surface area contributed by atoms with Gasteiger partial charge in [0.2, 0.25) is 0 Å². The molecule has 2 nitrogen and oxygen atoms in total. The predicted molar refractivity (Wildman–Crippen MR) is 108 cm³/mol. The smallest absolute Gasteiger partial charge is 0.0616 e. The highest BCUT2D eigenvalue weighted by Gasteiger charge is 2.10.